The number of rotatable bonds is 7. The molecule has 2 N–H and O–H groups in total. The third-order valence-corrected chi connectivity index (χ3v) is 5.84. The quantitative estimate of drug-likeness (QED) is 0.642. The van der Waals surface area contributed by atoms with Crippen molar-refractivity contribution in [2.45, 2.75) is 18.6 Å². The number of carbonyl (C=O) groups is 2. The van der Waals surface area contributed by atoms with Gasteiger partial charge in [0.1, 0.15) is 12.4 Å². The molecule has 2 atom stereocenters. The Morgan fingerprint density at radius 1 is 1.41 bits per heavy atom. The second-order valence-electron chi connectivity index (χ2n) is 7.39. The number of halogens is 1. The van der Waals surface area contributed by atoms with E-state index in [1.165, 1.54) is 27.4 Å². The Hall–Kier alpha value is -3.02. The van der Waals surface area contributed by atoms with Gasteiger partial charge in [0.25, 0.3) is 5.91 Å². The number of hydrogen-bond donors (Lipinski definition) is 2. The molecule has 170 valence electrons. The second-order valence-corrected chi connectivity index (χ2v) is 8.06. The molecule has 1 aromatic heterocycles. The fraction of sp³-hybridized carbons (Fsp3) is 0.381. The molecule has 0 spiro atoms. The van der Waals surface area contributed by atoms with Crippen molar-refractivity contribution in [3.05, 3.63) is 47.1 Å². The average Bonchev–Trinajstić information content (AvgIpc) is 3.46. The van der Waals surface area contributed by atoms with Crippen molar-refractivity contribution in [2.75, 3.05) is 37.7 Å². The molecule has 2 amide bonds. The fourth-order valence-corrected chi connectivity index (χ4v) is 4.06. The number of aromatic nitrogens is 1. The van der Waals surface area contributed by atoms with Crippen molar-refractivity contribution >= 4 is 34.8 Å². The Morgan fingerprint density at radius 2 is 2.25 bits per heavy atom. The van der Waals surface area contributed by atoms with Crippen LogP contribution in [0.15, 0.2) is 35.7 Å². The van der Waals surface area contributed by atoms with Crippen molar-refractivity contribution in [2.24, 2.45) is 0 Å². The molecule has 32 heavy (non-hydrogen) atoms. The molecule has 0 saturated carbocycles. The number of cyclic esters (lactones) is 1. The van der Waals surface area contributed by atoms with Gasteiger partial charge in [-0.05, 0) is 41.7 Å². The molecule has 9 nitrogen and oxygen atoms in total. The van der Waals surface area contributed by atoms with Gasteiger partial charge in [-0.3, -0.25) is 9.69 Å². The van der Waals surface area contributed by atoms with Crippen molar-refractivity contribution in [1.29, 1.82) is 0 Å². The van der Waals surface area contributed by atoms with Crippen molar-refractivity contribution < 1.29 is 33.7 Å². The monoisotopic (exact) mass is 463 g/mol. The molecule has 3 heterocycles. The summed E-state index contributed by atoms with van der Waals surface area (Å²) in [6.45, 7) is 0.265. The average molecular weight is 463 g/mol. The highest BCUT2D eigenvalue weighted by molar-refractivity contribution is 7.03. The summed E-state index contributed by atoms with van der Waals surface area (Å²) in [7, 11) is 0. The highest BCUT2D eigenvalue weighted by Gasteiger charge is 2.33. The van der Waals surface area contributed by atoms with Crippen LogP contribution in [-0.4, -0.2) is 76.5 Å². The molecule has 2 aliphatic rings. The van der Waals surface area contributed by atoms with E-state index in [4.69, 9.17) is 14.6 Å². The molecule has 4 rings (SSSR count). The Kier molecular flexibility index (Phi) is 6.68. The van der Waals surface area contributed by atoms with Crippen LogP contribution in [0.3, 0.4) is 0 Å². The van der Waals surface area contributed by atoms with Crippen LogP contribution in [0.5, 0.6) is 5.88 Å². The Balaban J connectivity index is 1.39. The molecule has 0 bridgehead atoms. The predicted octanol–water partition coefficient (Wildman–Crippen LogP) is 1.66. The van der Waals surface area contributed by atoms with Crippen LogP contribution in [0.1, 0.15) is 12.0 Å². The maximum atomic E-state index is 14.9. The van der Waals surface area contributed by atoms with Gasteiger partial charge in [-0.25, -0.2) is 9.18 Å². The van der Waals surface area contributed by atoms with Crippen LogP contribution in [-0.2, 0) is 9.53 Å². The molecule has 1 aromatic carbocycles. The number of anilines is 1. The van der Waals surface area contributed by atoms with Gasteiger partial charge in [-0.1, -0.05) is 6.08 Å². The summed E-state index contributed by atoms with van der Waals surface area (Å²) in [5.41, 5.74) is 1.50. The summed E-state index contributed by atoms with van der Waals surface area (Å²) in [6.07, 6.45) is -0.387. The van der Waals surface area contributed by atoms with Gasteiger partial charge in [0, 0.05) is 30.1 Å². The van der Waals surface area contributed by atoms with Gasteiger partial charge in [-0.15, -0.1) is 0 Å². The maximum Gasteiger partial charge on any atom is 0.414 e. The van der Waals surface area contributed by atoms with Crippen LogP contribution in [0.4, 0.5) is 14.9 Å². The number of aliphatic hydroxyl groups is 2. The molecular formula is C21H22FN3O6S. The van der Waals surface area contributed by atoms with Crippen molar-refractivity contribution in [3.8, 4) is 5.88 Å². The largest absolute Gasteiger partial charge is 0.473 e. The van der Waals surface area contributed by atoms with E-state index >= 15 is 0 Å². The van der Waals surface area contributed by atoms with E-state index in [1.54, 1.807) is 29.7 Å². The Labute approximate surface area is 187 Å². The summed E-state index contributed by atoms with van der Waals surface area (Å²) >= 11 is 1.26. The minimum Gasteiger partial charge on any atom is -0.473 e. The van der Waals surface area contributed by atoms with E-state index in [2.05, 4.69) is 4.37 Å². The molecule has 0 unspecified atom stereocenters. The summed E-state index contributed by atoms with van der Waals surface area (Å²) in [5, 5.41) is 20.2. The maximum absolute atomic E-state index is 14.9. The van der Waals surface area contributed by atoms with Gasteiger partial charge < -0.3 is 24.6 Å². The molecule has 0 radical (unpaired) electrons. The summed E-state index contributed by atoms with van der Waals surface area (Å²) < 4.78 is 29.7. The van der Waals surface area contributed by atoms with E-state index in [-0.39, 0.29) is 19.7 Å². The lowest BCUT2D eigenvalue weighted by molar-refractivity contribution is -0.141. The first-order valence-electron chi connectivity index (χ1n) is 10.0. The zero-order valence-electron chi connectivity index (χ0n) is 17.0. The summed E-state index contributed by atoms with van der Waals surface area (Å²) in [5.74, 6) is -0.579. The molecule has 1 saturated heterocycles. The molecule has 11 heteroatoms. The van der Waals surface area contributed by atoms with Crippen LogP contribution in [0.25, 0.3) is 5.57 Å². The van der Waals surface area contributed by atoms with Gasteiger partial charge in [0.15, 0.2) is 12.2 Å². The van der Waals surface area contributed by atoms with Gasteiger partial charge in [0.2, 0.25) is 5.88 Å². The van der Waals surface area contributed by atoms with Crippen molar-refractivity contribution in [1.82, 2.24) is 9.27 Å². The van der Waals surface area contributed by atoms with Gasteiger partial charge in [0.05, 0.1) is 18.8 Å². The number of amides is 2. The number of ether oxygens (including phenoxy) is 2. The molecule has 1 fully saturated rings. The van der Waals surface area contributed by atoms with Crippen LogP contribution in [0, 0.1) is 5.82 Å². The number of benzene rings is 1. The highest BCUT2D eigenvalue weighted by atomic mass is 32.1. The number of nitrogens with zero attached hydrogens (tertiary/aromatic N) is 3. The lowest BCUT2D eigenvalue weighted by atomic mass is 9.98. The van der Waals surface area contributed by atoms with Crippen LogP contribution in [0.2, 0.25) is 0 Å². The minimum atomic E-state index is -1.45. The number of carbonyl (C=O) groups excluding carboxylic acids is 2. The zero-order chi connectivity index (χ0) is 22.7. The highest BCUT2D eigenvalue weighted by Crippen LogP contribution is 2.30. The Morgan fingerprint density at radius 3 is 2.91 bits per heavy atom. The van der Waals surface area contributed by atoms with E-state index in [9.17, 15) is 19.1 Å². The normalized spacial score (nSPS) is 19.5. The standard InChI is InChI=1S/C21H22FN3O6S/c22-17-9-14(25-10-15(31-21(25)29)12-30-19-5-8-32-23-19)1-2-16(17)13-3-6-24(7-4-13)20(28)18(27)11-26/h1-3,5,8-9,15,18,26-27H,4,6-7,10-12H2/t15-,18-/m1/s1. The van der Waals surface area contributed by atoms with E-state index in [1.807, 2.05) is 0 Å². The second kappa shape index (κ2) is 9.63. The first-order chi connectivity index (χ1) is 15.5. The number of aliphatic hydroxyl groups excluding tert-OH is 2. The van der Waals surface area contributed by atoms with E-state index in [0.717, 1.165) is 5.57 Å². The minimum absolute atomic E-state index is 0.152. The molecule has 0 aliphatic carbocycles. The third kappa shape index (κ3) is 4.74. The lowest BCUT2D eigenvalue weighted by Gasteiger charge is -2.28. The van der Waals surface area contributed by atoms with Crippen LogP contribution >= 0.6 is 11.5 Å². The predicted molar refractivity (Wildman–Crippen MR) is 114 cm³/mol. The molecule has 2 aliphatic heterocycles. The van der Waals surface area contributed by atoms with Gasteiger partial charge in [-0.2, -0.15) is 4.37 Å². The fourth-order valence-electron chi connectivity index (χ4n) is 3.61. The smallest absolute Gasteiger partial charge is 0.414 e. The van der Waals surface area contributed by atoms with E-state index < -0.39 is 36.6 Å². The first-order valence-corrected chi connectivity index (χ1v) is 10.9. The lowest BCUT2D eigenvalue weighted by Crippen LogP contribution is -2.42. The van der Waals surface area contributed by atoms with Crippen LogP contribution < -0.4 is 9.64 Å². The summed E-state index contributed by atoms with van der Waals surface area (Å²) in [4.78, 5) is 27.0. The first kappa shape index (κ1) is 22.2. The van der Waals surface area contributed by atoms with Crippen molar-refractivity contribution in [3.63, 3.8) is 0 Å². The SMILES string of the molecule is O=C([C@H](O)CO)N1CC=C(c2ccc(N3C[C@H](COc4ccsn4)OC3=O)cc2F)CC1. The molecular weight excluding hydrogens is 441 g/mol. The third-order valence-electron chi connectivity index (χ3n) is 5.29. The molecule has 2 aromatic rings. The summed E-state index contributed by atoms with van der Waals surface area (Å²) in [6, 6.07) is 6.26. The number of hydrogen-bond acceptors (Lipinski definition) is 8. The zero-order valence-corrected chi connectivity index (χ0v) is 17.8. The topological polar surface area (TPSA) is 112 Å². The Bertz CT molecular complexity index is 1010. The van der Waals surface area contributed by atoms with Gasteiger partial charge >= 0.3 is 6.09 Å². The van der Waals surface area contributed by atoms with E-state index in [0.29, 0.717) is 30.1 Å².